The molecule has 22 heavy (non-hydrogen) atoms. The summed E-state index contributed by atoms with van der Waals surface area (Å²) in [5, 5.41) is 10.7. The fraction of sp³-hybridized carbons (Fsp3) is 0.357. The van der Waals surface area contributed by atoms with Crippen LogP contribution in [-0.2, 0) is 27.8 Å². The monoisotopic (exact) mass is 357 g/mol. The number of carbonyl (C=O) groups is 1. The number of hydrogen-bond acceptors (Lipinski definition) is 5. The number of aliphatic carboxylic acids is 1. The van der Waals surface area contributed by atoms with Crippen molar-refractivity contribution >= 4 is 38.7 Å². The standard InChI is InChI=1S/C14H15NO4S3/c16-13(17)8-11-5-6-14(21-11)22(18,19)15(10-3-4-10)9-12-2-1-7-20-12/h1-2,5-7,10H,3-4,8-9H2,(H,16,17). The van der Waals surface area contributed by atoms with Gasteiger partial charge in [-0.25, -0.2) is 8.42 Å². The number of carboxylic acid groups (broad SMARTS) is 1. The van der Waals surface area contributed by atoms with Gasteiger partial charge in [0.2, 0.25) is 0 Å². The number of thiophene rings is 2. The van der Waals surface area contributed by atoms with Crippen LogP contribution < -0.4 is 0 Å². The molecular formula is C14H15NO4S3. The van der Waals surface area contributed by atoms with Crippen LogP contribution in [0.4, 0.5) is 0 Å². The maximum absolute atomic E-state index is 12.8. The van der Waals surface area contributed by atoms with Gasteiger partial charge in [0, 0.05) is 22.3 Å². The van der Waals surface area contributed by atoms with Gasteiger partial charge in [-0.05, 0) is 36.4 Å². The molecular weight excluding hydrogens is 342 g/mol. The third-order valence-corrected chi connectivity index (χ3v) is 7.68. The minimum absolute atomic E-state index is 0.0668. The summed E-state index contributed by atoms with van der Waals surface area (Å²) in [4.78, 5) is 12.3. The summed E-state index contributed by atoms with van der Waals surface area (Å²) in [6.45, 7) is 0.386. The smallest absolute Gasteiger partial charge is 0.308 e. The van der Waals surface area contributed by atoms with E-state index < -0.39 is 16.0 Å². The van der Waals surface area contributed by atoms with Gasteiger partial charge in [0.15, 0.2) is 0 Å². The van der Waals surface area contributed by atoms with Crippen LogP contribution in [0.3, 0.4) is 0 Å². The Bertz CT molecular complexity index is 760. The number of rotatable bonds is 7. The SMILES string of the molecule is O=C(O)Cc1ccc(S(=O)(=O)N(Cc2cccs2)C2CC2)s1. The molecule has 0 unspecified atom stereocenters. The van der Waals surface area contributed by atoms with Crippen molar-refractivity contribution in [2.45, 2.75) is 36.1 Å². The minimum Gasteiger partial charge on any atom is -0.481 e. The third kappa shape index (κ3) is 3.40. The van der Waals surface area contributed by atoms with E-state index in [2.05, 4.69) is 0 Å². The lowest BCUT2D eigenvalue weighted by atomic mass is 10.3. The highest BCUT2D eigenvalue weighted by Gasteiger charge is 2.38. The Morgan fingerprint density at radius 1 is 1.27 bits per heavy atom. The van der Waals surface area contributed by atoms with Crippen molar-refractivity contribution in [1.29, 1.82) is 0 Å². The number of hydrogen-bond donors (Lipinski definition) is 1. The summed E-state index contributed by atoms with van der Waals surface area (Å²) in [6.07, 6.45) is 1.63. The zero-order valence-electron chi connectivity index (χ0n) is 11.6. The molecule has 0 aromatic carbocycles. The van der Waals surface area contributed by atoms with E-state index in [9.17, 15) is 13.2 Å². The van der Waals surface area contributed by atoms with Crippen molar-refractivity contribution in [3.8, 4) is 0 Å². The van der Waals surface area contributed by atoms with Gasteiger partial charge in [-0.3, -0.25) is 4.79 Å². The highest BCUT2D eigenvalue weighted by molar-refractivity contribution is 7.91. The predicted molar refractivity (Wildman–Crippen MR) is 85.7 cm³/mol. The van der Waals surface area contributed by atoms with Gasteiger partial charge in [-0.2, -0.15) is 4.31 Å². The largest absolute Gasteiger partial charge is 0.481 e. The molecule has 3 rings (SSSR count). The summed E-state index contributed by atoms with van der Waals surface area (Å²) in [7, 11) is -3.56. The topological polar surface area (TPSA) is 74.7 Å². The van der Waals surface area contributed by atoms with Crippen molar-refractivity contribution in [2.24, 2.45) is 0 Å². The molecule has 0 radical (unpaired) electrons. The van der Waals surface area contributed by atoms with Crippen molar-refractivity contribution in [3.05, 3.63) is 39.4 Å². The fourth-order valence-electron chi connectivity index (χ4n) is 2.19. The molecule has 2 aromatic heterocycles. The molecule has 0 bridgehead atoms. The maximum atomic E-state index is 12.8. The fourth-order valence-corrected chi connectivity index (χ4v) is 6.11. The average molecular weight is 357 g/mol. The Hall–Kier alpha value is -1.22. The van der Waals surface area contributed by atoms with Crippen LogP contribution in [0.15, 0.2) is 33.9 Å². The molecule has 1 aliphatic carbocycles. The zero-order valence-corrected chi connectivity index (χ0v) is 14.1. The van der Waals surface area contributed by atoms with E-state index in [1.54, 1.807) is 21.7 Å². The molecule has 0 spiro atoms. The molecule has 1 saturated carbocycles. The van der Waals surface area contributed by atoms with Crippen LogP contribution >= 0.6 is 22.7 Å². The van der Waals surface area contributed by atoms with E-state index in [4.69, 9.17) is 5.11 Å². The first-order valence-electron chi connectivity index (χ1n) is 6.81. The Morgan fingerprint density at radius 2 is 2.05 bits per heavy atom. The molecule has 0 amide bonds. The van der Waals surface area contributed by atoms with Crippen LogP contribution in [0, 0.1) is 0 Å². The van der Waals surface area contributed by atoms with Crippen LogP contribution in [-0.4, -0.2) is 29.8 Å². The Balaban J connectivity index is 1.85. The summed E-state index contributed by atoms with van der Waals surface area (Å²) >= 11 is 2.59. The first-order valence-corrected chi connectivity index (χ1v) is 9.95. The molecule has 1 aliphatic rings. The van der Waals surface area contributed by atoms with E-state index in [1.807, 2.05) is 17.5 Å². The van der Waals surface area contributed by atoms with E-state index >= 15 is 0 Å². The molecule has 0 aliphatic heterocycles. The van der Waals surface area contributed by atoms with E-state index in [1.165, 1.54) is 6.07 Å². The normalized spacial score (nSPS) is 15.3. The summed E-state index contributed by atoms with van der Waals surface area (Å²) in [5.41, 5.74) is 0. The molecule has 2 heterocycles. The summed E-state index contributed by atoms with van der Waals surface area (Å²) in [5.74, 6) is -0.955. The second-order valence-corrected chi connectivity index (χ2v) is 9.47. The number of carboxylic acids is 1. The first kappa shape index (κ1) is 15.7. The highest BCUT2D eigenvalue weighted by atomic mass is 32.2. The lowest BCUT2D eigenvalue weighted by molar-refractivity contribution is -0.136. The van der Waals surface area contributed by atoms with Gasteiger partial charge in [0.25, 0.3) is 10.0 Å². The molecule has 0 saturated heterocycles. The third-order valence-electron chi connectivity index (χ3n) is 3.37. The zero-order chi connectivity index (χ0) is 15.7. The van der Waals surface area contributed by atoms with E-state index in [0.29, 0.717) is 11.4 Å². The van der Waals surface area contributed by atoms with Gasteiger partial charge >= 0.3 is 5.97 Å². The van der Waals surface area contributed by atoms with Crippen molar-refractivity contribution < 1.29 is 18.3 Å². The van der Waals surface area contributed by atoms with E-state index in [-0.39, 0.29) is 16.7 Å². The summed E-state index contributed by atoms with van der Waals surface area (Å²) < 4.78 is 27.4. The quantitative estimate of drug-likeness (QED) is 0.827. The van der Waals surface area contributed by atoms with Crippen LogP contribution in [0.5, 0.6) is 0 Å². The minimum atomic E-state index is -3.56. The van der Waals surface area contributed by atoms with E-state index in [0.717, 1.165) is 29.1 Å². The lowest BCUT2D eigenvalue weighted by Gasteiger charge is -2.20. The number of sulfonamides is 1. The van der Waals surface area contributed by atoms with Crippen molar-refractivity contribution in [2.75, 3.05) is 0 Å². The predicted octanol–water partition coefficient (Wildman–Crippen LogP) is 2.79. The van der Waals surface area contributed by atoms with Gasteiger partial charge in [0.1, 0.15) is 4.21 Å². The maximum Gasteiger partial charge on any atom is 0.308 e. The Labute approximate surface area is 136 Å². The molecule has 118 valence electrons. The molecule has 0 atom stereocenters. The van der Waals surface area contributed by atoms with Crippen molar-refractivity contribution in [3.63, 3.8) is 0 Å². The lowest BCUT2D eigenvalue weighted by Crippen LogP contribution is -2.31. The van der Waals surface area contributed by atoms with Gasteiger partial charge in [-0.1, -0.05) is 6.07 Å². The molecule has 5 nitrogen and oxygen atoms in total. The van der Waals surface area contributed by atoms with Gasteiger partial charge < -0.3 is 5.11 Å². The first-order chi connectivity index (χ1) is 10.5. The Morgan fingerprint density at radius 3 is 2.64 bits per heavy atom. The number of nitrogens with zero attached hydrogens (tertiary/aromatic N) is 1. The van der Waals surface area contributed by atoms with Crippen molar-refractivity contribution in [1.82, 2.24) is 4.31 Å². The molecule has 1 N–H and O–H groups in total. The van der Waals surface area contributed by atoms with Crippen LogP contribution in [0.25, 0.3) is 0 Å². The second-order valence-electron chi connectivity index (χ2n) is 5.15. The average Bonchev–Trinajstić information content (AvgIpc) is 2.96. The highest BCUT2D eigenvalue weighted by Crippen LogP contribution is 2.36. The second kappa shape index (κ2) is 6.11. The molecule has 8 heteroatoms. The Kier molecular flexibility index (Phi) is 4.35. The van der Waals surface area contributed by atoms with Gasteiger partial charge in [0.05, 0.1) is 6.42 Å². The van der Waals surface area contributed by atoms with Crippen LogP contribution in [0.1, 0.15) is 22.6 Å². The molecule has 2 aromatic rings. The van der Waals surface area contributed by atoms with Gasteiger partial charge in [-0.15, -0.1) is 22.7 Å². The molecule has 1 fully saturated rings. The van der Waals surface area contributed by atoms with Crippen LogP contribution in [0.2, 0.25) is 0 Å². The summed E-state index contributed by atoms with van der Waals surface area (Å²) in [6, 6.07) is 7.01.